The van der Waals surface area contributed by atoms with Crippen LogP contribution in [0, 0.1) is 5.92 Å². The zero-order valence-corrected chi connectivity index (χ0v) is 11.0. The van der Waals surface area contributed by atoms with E-state index in [2.05, 4.69) is 22.0 Å². The number of fused-ring (bicyclic) bond motifs is 1. The van der Waals surface area contributed by atoms with E-state index in [0.29, 0.717) is 5.92 Å². The van der Waals surface area contributed by atoms with E-state index < -0.39 is 6.23 Å². The monoisotopic (exact) mass is 250 g/mol. The van der Waals surface area contributed by atoms with Crippen LogP contribution in [0.15, 0.2) is 0 Å². The van der Waals surface area contributed by atoms with Crippen LogP contribution in [0.25, 0.3) is 0 Å². The molecular weight excluding hydrogens is 228 g/mol. The van der Waals surface area contributed by atoms with Crippen molar-refractivity contribution in [1.82, 2.24) is 19.7 Å². The molecule has 0 bridgehead atoms. The molecule has 100 valence electrons. The highest BCUT2D eigenvalue weighted by Crippen LogP contribution is 2.23. The van der Waals surface area contributed by atoms with Gasteiger partial charge in [-0.15, -0.1) is 0 Å². The Kier molecular flexibility index (Phi) is 3.35. The maximum atomic E-state index is 9.87. The molecule has 1 N–H and O–H groups in total. The lowest BCUT2D eigenvalue weighted by molar-refractivity contribution is 0.0642. The van der Waals surface area contributed by atoms with Gasteiger partial charge in [-0.2, -0.15) is 5.10 Å². The van der Waals surface area contributed by atoms with Crippen molar-refractivity contribution in [2.45, 2.75) is 44.8 Å². The number of aryl methyl sites for hydroxylation is 1. The second-order valence-corrected chi connectivity index (χ2v) is 5.74. The molecule has 3 rings (SSSR count). The minimum atomic E-state index is -0.455. The highest BCUT2D eigenvalue weighted by Gasteiger charge is 2.24. The molecular formula is C13H22N4O. The summed E-state index contributed by atoms with van der Waals surface area (Å²) < 4.78 is 1.73. The highest BCUT2D eigenvalue weighted by molar-refractivity contribution is 4.98. The minimum Gasteiger partial charge on any atom is -0.372 e. The van der Waals surface area contributed by atoms with E-state index in [-0.39, 0.29) is 0 Å². The Morgan fingerprint density at radius 1 is 1.33 bits per heavy atom. The lowest BCUT2D eigenvalue weighted by Gasteiger charge is -2.28. The summed E-state index contributed by atoms with van der Waals surface area (Å²) >= 11 is 0. The summed E-state index contributed by atoms with van der Waals surface area (Å²) in [4.78, 5) is 6.98. The number of rotatable bonds is 2. The van der Waals surface area contributed by atoms with Crippen LogP contribution in [-0.4, -0.2) is 44.9 Å². The van der Waals surface area contributed by atoms with Gasteiger partial charge in [0, 0.05) is 19.4 Å². The van der Waals surface area contributed by atoms with Gasteiger partial charge < -0.3 is 10.0 Å². The van der Waals surface area contributed by atoms with Crippen molar-refractivity contribution in [3.63, 3.8) is 0 Å². The summed E-state index contributed by atoms with van der Waals surface area (Å²) in [6.45, 7) is 2.36. The first-order valence-corrected chi connectivity index (χ1v) is 7.03. The van der Waals surface area contributed by atoms with Crippen molar-refractivity contribution in [3.05, 3.63) is 11.6 Å². The number of nitrogens with zero attached hydrogens (tertiary/aromatic N) is 4. The average molecular weight is 250 g/mol. The van der Waals surface area contributed by atoms with Crippen LogP contribution in [0.2, 0.25) is 0 Å². The molecule has 1 aromatic heterocycles. The fourth-order valence-corrected chi connectivity index (χ4v) is 3.16. The van der Waals surface area contributed by atoms with E-state index in [4.69, 9.17) is 0 Å². The molecule has 0 saturated carbocycles. The Morgan fingerprint density at radius 3 is 3.00 bits per heavy atom. The topological polar surface area (TPSA) is 54.2 Å². The molecule has 5 heteroatoms. The highest BCUT2D eigenvalue weighted by atomic mass is 16.3. The summed E-state index contributed by atoms with van der Waals surface area (Å²) in [6, 6.07) is 0. The van der Waals surface area contributed by atoms with Crippen LogP contribution >= 0.6 is 0 Å². The van der Waals surface area contributed by atoms with Gasteiger partial charge in [0.2, 0.25) is 0 Å². The number of aromatic nitrogens is 3. The first-order valence-electron chi connectivity index (χ1n) is 7.03. The molecule has 2 unspecified atom stereocenters. The van der Waals surface area contributed by atoms with Gasteiger partial charge in [-0.1, -0.05) is 0 Å². The molecule has 0 aromatic carbocycles. The normalized spacial score (nSPS) is 29.2. The van der Waals surface area contributed by atoms with Gasteiger partial charge in [0.05, 0.1) is 0 Å². The molecule has 0 aliphatic carbocycles. The third-order valence-corrected chi connectivity index (χ3v) is 4.08. The van der Waals surface area contributed by atoms with E-state index >= 15 is 0 Å². The second-order valence-electron chi connectivity index (χ2n) is 5.74. The molecule has 5 nitrogen and oxygen atoms in total. The first kappa shape index (κ1) is 12.1. The van der Waals surface area contributed by atoms with E-state index in [9.17, 15) is 5.11 Å². The zero-order chi connectivity index (χ0) is 12.5. The second kappa shape index (κ2) is 4.97. The lowest BCUT2D eigenvalue weighted by atomic mass is 9.95. The molecule has 0 amide bonds. The molecule has 2 aliphatic rings. The predicted molar refractivity (Wildman–Crippen MR) is 68.1 cm³/mol. The van der Waals surface area contributed by atoms with Crippen LogP contribution in [0.1, 0.15) is 43.6 Å². The standard InChI is InChI=1S/C13H22N4O/c1-16-7-3-4-10(9-16)8-11-14-12-5-2-6-13(18)17(12)15-11/h10,13,18H,2-9H2,1H3. The molecule has 0 radical (unpaired) electrons. The molecule has 18 heavy (non-hydrogen) atoms. The summed E-state index contributed by atoms with van der Waals surface area (Å²) in [7, 11) is 2.18. The molecule has 3 heterocycles. The number of hydrogen-bond acceptors (Lipinski definition) is 4. The first-order chi connectivity index (χ1) is 8.72. The van der Waals surface area contributed by atoms with Gasteiger partial charge in [0.25, 0.3) is 0 Å². The Labute approximate surface area is 108 Å². The van der Waals surface area contributed by atoms with Crippen LogP contribution in [-0.2, 0) is 12.8 Å². The van der Waals surface area contributed by atoms with Crippen molar-refractivity contribution in [2.75, 3.05) is 20.1 Å². The van der Waals surface area contributed by atoms with E-state index in [1.165, 1.54) is 19.4 Å². The molecule has 2 atom stereocenters. The SMILES string of the molecule is CN1CCCC(Cc2nc3n(n2)C(O)CCC3)C1. The summed E-state index contributed by atoms with van der Waals surface area (Å²) in [5, 5.41) is 14.4. The number of aliphatic hydroxyl groups is 1. The fourth-order valence-electron chi connectivity index (χ4n) is 3.16. The Hall–Kier alpha value is -0.940. The van der Waals surface area contributed by atoms with Gasteiger partial charge >= 0.3 is 0 Å². The zero-order valence-electron chi connectivity index (χ0n) is 11.0. The van der Waals surface area contributed by atoms with Crippen molar-refractivity contribution in [2.24, 2.45) is 5.92 Å². The van der Waals surface area contributed by atoms with Gasteiger partial charge in [-0.25, -0.2) is 9.67 Å². The molecule has 1 aromatic rings. The summed E-state index contributed by atoms with van der Waals surface area (Å²) in [5.41, 5.74) is 0. The average Bonchev–Trinajstić information content (AvgIpc) is 2.73. The number of piperidine rings is 1. The van der Waals surface area contributed by atoms with Crippen molar-refractivity contribution < 1.29 is 5.11 Å². The Bertz CT molecular complexity index is 417. The molecule has 1 saturated heterocycles. The van der Waals surface area contributed by atoms with Gasteiger partial charge in [-0.3, -0.25) is 0 Å². The maximum Gasteiger partial charge on any atom is 0.151 e. The van der Waals surface area contributed by atoms with Crippen LogP contribution in [0.5, 0.6) is 0 Å². The van der Waals surface area contributed by atoms with Crippen LogP contribution < -0.4 is 0 Å². The number of hydrogen-bond donors (Lipinski definition) is 1. The van der Waals surface area contributed by atoms with Crippen molar-refractivity contribution in [1.29, 1.82) is 0 Å². The predicted octanol–water partition coefficient (Wildman–Crippen LogP) is 0.990. The van der Waals surface area contributed by atoms with Crippen molar-refractivity contribution in [3.8, 4) is 0 Å². The van der Waals surface area contributed by atoms with Crippen molar-refractivity contribution >= 4 is 0 Å². The van der Waals surface area contributed by atoms with Gasteiger partial charge in [-0.05, 0) is 45.2 Å². The van der Waals surface area contributed by atoms with E-state index in [1.54, 1.807) is 4.68 Å². The minimum absolute atomic E-state index is 0.455. The van der Waals surface area contributed by atoms with Gasteiger partial charge in [0.1, 0.15) is 12.1 Å². The quantitative estimate of drug-likeness (QED) is 0.850. The smallest absolute Gasteiger partial charge is 0.151 e. The lowest BCUT2D eigenvalue weighted by Crippen LogP contribution is -2.33. The molecule has 1 fully saturated rings. The summed E-state index contributed by atoms with van der Waals surface area (Å²) in [6.07, 6.45) is 5.83. The summed E-state index contributed by atoms with van der Waals surface area (Å²) in [5.74, 6) is 2.56. The van der Waals surface area contributed by atoms with Crippen LogP contribution in [0.3, 0.4) is 0 Å². The largest absolute Gasteiger partial charge is 0.372 e. The Morgan fingerprint density at radius 2 is 2.22 bits per heavy atom. The van der Waals surface area contributed by atoms with E-state index in [1.807, 2.05) is 0 Å². The molecule has 0 spiro atoms. The van der Waals surface area contributed by atoms with Crippen LogP contribution in [0.4, 0.5) is 0 Å². The maximum absolute atomic E-state index is 9.87. The third-order valence-electron chi connectivity index (χ3n) is 4.08. The van der Waals surface area contributed by atoms with E-state index in [0.717, 1.165) is 43.9 Å². The third kappa shape index (κ3) is 2.42. The fraction of sp³-hybridized carbons (Fsp3) is 0.846. The Balaban J connectivity index is 1.69. The molecule has 2 aliphatic heterocycles. The number of likely N-dealkylation sites (tertiary alicyclic amines) is 1. The van der Waals surface area contributed by atoms with Gasteiger partial charge in [0.15, 0.2) is 5.82 Å². The number of aliphatic hydroxyl groups excluding tert-OH is 1.